The average molecular weight is 435 g/mol. The Bertz CT molecular complexity index is 1330. The van der Waals surface area contributed by atoms with Crippen LogP contribution in [-0.4, -0.2) is 22.3 Å². The molecule has 4 N–H and O–H groups in total. The van der Waals surface area contributed by atoms with Crippen molar-refractivity contribution in [2.75, 3.05) is 10.6 Å². The van der Waals surface area contributed by atoms with Gasteiger partial charge in [-0.25, -0.2) is 14.2 Å². The molecule has 1 aromatic heterocycles. The largest absolute Gasteiger partial charge is 0.371 e. The highest BCUT2D eigenvalue weighted by atomic mass is 19.1. The quantitative estimate of drug-likeness (QED) is 0.350. The van der Waals surface area contributed by atoms with Gasteiger partial charge in [0.1, 0.15) is 11.5 Å². The number of anilines is 2. The van der Waals surface area contributed by atoms with Crippen LogP contribution in [0.3, 0.4) is 0 Å². The maximum Gasteiger partial charge on any atom is 0.252 e. The summed E-state index contributed by atoms with van der Waals surface area (Å²) in [6.07, 6.45) is 1.81. The van der Waals surface area contributed by atoms with Crippen molar-refractivity contribution in [2.45, 2.75) is 39.7 Å². The first-order valence-electron chi connectivity index (χ1n) is 10.1. The van der Waals surface area contributed by atoms with E-state index < -0.39 is 17.2 Å². The molecule has 0 fully saturated rings. The van der Waals surface area contributed by atoms with Gasteiger partial charge in [0.15, 0.2) is 11.7 Å². The zero-order valence-electron chi connectivity index (χ0n) is 18.2. The Morgan fingerprint density at radius 3 is 2.81 bits per heavy atom. The fraction of sp³-hybridized carbons (Fsp3) is 0.250. The highest BCUT2D eigenvalue weighted by Gasteiger charge is 2.35. The molecule has 32 heavy (non-hydrogen) atoms. The lowest BCUT2D eigenvalue weighted by Crippen LogP contribution is -2.49. The molecule has 0 saturated carbocycles. The molecule has 0 aliphatic carbocycles. The number of halogens is 2. The summed E-state index contributed by atoms with van der Waals surface area (Å²) in [7, 11) is 0. The summed E-state index contributed by atoms with van der Waals surface area (Å²) >= 11 is 0. The van der Waals surface area contributed by atoms with Crippen molar-refractivity contribution in [1.82, 2.24) is 10.4 Å². The Balaban J connectivity index is 1.78. The van der Waals surface area contributed by atoms with E-state index in [0.717, 1.165) is 10.9 Å². The highest BCUT2D eigenvalue weighted by Crippen LogP contribution is 2.41. The summed E-state index contributed by atoms with van der Waals surface area (Å²) in [4.78, 5) is 15.0. The van der Waals surface area contributed by atoms with Crippen LogP contribution in [0.15, 0.2) is 35.6 Å². The number of hydrogen-bond donors (Lipinski definition) is 4. The van der Waals surface area contributed by atoms with Gasteiger partial charge in [-0.2, -0.15) is 5.10 Å². The van der Waals surface area contributed by atoms with E-state index >= 15 is 8.78 Å². The van der Waals surface area contributed by atoms with E-state index in [1.165, 1.54) is 6.07 Å². The van der Waals surface area contributed by atoms with Crippen LogP contribution < -0.4 is 16.1 Å². The lowest BCUT2D eigenvalue weighted by molar-refractivity contribution is -0.120. The number of carbonyl (C=O) groups excluding carboxylic acids is 1. The lowest BCUT2D eigenvalue weighted by Gasteiger charge is -2.36. The molecular formula is C24H23F2N5O. The second-order valence-electron chi connectivity index (χ2n) is 8.14. The van der Waals surface area contributed by atoms with Crippen molar-refractivity contribution < 1.29 is 13.6 Å². The number of benzene rings is 2. The number of amidine groups is 1. The number of para-hydroxylation sites is 1. The average Bonchev–Trinajstić information content (AvgIpc) is 3.12. The van der Waals surface area contributed by atoms with E-state index in [1.807, 2.05) is 13.0 Å². The second-order valence-corrected chi connectivity index (χ2v) is 8.14. The summed E-state index contributed by atoms with van der Waals surface area (Å²) in [5, 5.41) is 11.0. The number of nitrogens with one attached hydrogen (secondary N) is 4. The first-order chi connectivity index (χ1) is 15.2. The minimum Gasteiger partial charge on any atom is -0.371 e. The number of H-pyrrole nitrogens is 1. The molecule has 1 aliphatic rings. The maximum absolute atomic E-state index is 15.7. The highest BCUT2D eigenvalue weighted by molar-refractivity contribution is 6.10. The second kappa shape index (κ2) is 8.00. The van der Waals surface area contributed by atoms with Crippen LogP contribution in [-0.2, 0) is 4.79 Å². The molecule has 6 nitrogen and oxygen atoms in total. The topological polar surface area (TPSA) is 81.3 Å². The summed E-state index contributed by atoms with van der Waals surface area (Å²) in [6.45, 7) is 7.14. The Hall–Kier alpha value is -3.86. The molecule has 8 heteroatoms. The molecular weight excluding hydrogens is 412 g/mol. The van der Waals surface area contributed by atoms with E-state index in [1.54, 1.807) is 39.1 Å². The smallest absolute Gasteiger partial charge is 0.252 e. The van der Waals surface area contributed by atoms with E-state index in [-0.39, 0.29) is 35.1 Å². The number of carbonyl (C=O) groups is 1. The number of aryl methyl sites for hydroxylation is 1. The number of fused-ring (bicyclic) bond motifs is 2. The van der Waals surface area contributed by atoms with E-state index in [0.29, 0.717) is 11.1 Å². The zero-order chi connectivity index (χ0) is 23.0. The van der Waals surface area contributed by atoms with Crippen molar-refractivity contribution >= 4 is 34.0 Å². The van der Waals surface area contributed by atoms with E-state index in [2.05, 4.69) is 38.0 Å². The molecule has 0 saturated heterocycles. The van der Waals surface area contributed by atoms with Crippen LogP contribution in [0.25, 0.3) is 22.0 Å². The van der Waals surface area contributed by atoms with Crippen molar-refractivity contribution in [3.05, 3.63) is 47.7 Å². The van der Waals surface area contributed by atoms with E-state index in [9.17, 15) is 4.79 Å². The Kier molecular flexibility index (Phi) is 5.35. The van der Waals surface area contributed by atoms with Gasteiger partial charge < -0.3 is 15.6 Å². The third-order valence-electron chi connectivity index (χ3n) is 5.41. The van der Waals surface area contributed by atoms with Gasteiger partial charge in [-0.1, -0.05) is 24.1 Å². The first-order valence-corrected chi connectivity index (χ1v) is 10.1. The molecule has 2 aromatic carbocycles. The monoisotopic (exact) mass is 435 g/mol. The van der Waals surface area contributed by atoms with Crippen molar-refractivity contribution in [3.63, 3.8) is 0 Å². The van der Waals surface area contributed by atoms with Gasteiger partial charge >= 0.3 is 0 Å². The normalized spacial score (nSPS) is 15.4. The van der Waals surface area contributed by atoms with Gasteiger partial charge in [0.25, 0.3) is 5.91 Å². The van der Waals surface area contributed by atoms with Gasteiger partial charge in [-0.3, -0.25) is 4.79 Å². The Labute approximate surface area is 184 Å². The SMILES string of the molecule is CC#CCC(=O)N/N=C1\Nc2c(cc(F)c(-c3cccc4c(C)c[nH]c34)c2F)NC1(C)C. The summed E-state index contributed by atoms with van der Waals surface area (Å²) in [6, 6.07) is 6.62. The Morgan fingerprint density at radius 2 is 2.06 bits per heavy atom. The number of hydrazone groups is 1. The first kappa shape index (κ1) is 21.4. The number of rotatable bonds is 3. The number of aromatic amines is 1. The van der Waals surface area contributed by atoms with Crippen LogP contribution >= 0.6 is 0 Å². The fourth-order valence-corrected chi connectivity index (χ4v) is 3.75. The van der Waals surface area contributed by atoms with Gasteiger partial charge in [0.05, 0.1) is 28.7 Å². The maximum atomic E-state index is 15.7. The molecule has 1 aliphatic heterocycles. The van der Waals surface area contributed by atoms with Crippen molar-refractivity contribution in [3.8, 4) is 23.0 Å². The summed E-state index contributed by atoms with van der Waals surface area (Å²) in [5.74, 6) is 3.76. The van der Waals surface area contributed by atoms with Crippen LogP contribution in [0, 0.1) is 30.4 Å². The third kappa shape index (κ3) is 3.66. The predicted octanol–water partition coefficient (Wildman–Crippen LogP) is 4.88. The van der Waals surface area contributed by atoms with Crippen LogP contribution in [0.1, 0.15) is 32.8 Å². The summed E-state index contributed by atoms with van der Waals surface area (Å²) in [5.41, 5.74) is 3.85. The molecule has 0 bridgehead atoms. The molecule has 1 amide bonds. The molecule has 3 aromatic rings. The van der Waals surface area contributed by atoms with Gasteiger partial charge in [0, 0.05) is 17.1 Å². The van der Waals surface area contributed by atoms with Gasteiger partial charge in [-0.05, 0) is 39.3 Å². The third-order valence-corrected chi connectivity index (χ3v) is 5.41. The molecule has 0 spiro atoms. The standard InChI is InChI=1S/C24H23F2N5O/c1-5-6-10-18(32)30-31-23-24(3,4)29-17-11-16(25)19(20(26)22(17)28-23)15-9-7-8-14-13(2)12-27-21(14)15/h7-9,11-12,27,29H,10H2,1-4H3,(H,28,31)(H,30,32). The zero-order valence-corrected chi connectivity index (χ0v) is 18.2. The summed E-state index contributed by atoms with van der Waals surface area (Å²) < 4.78 is 30.9. The minimum atomic E-state index is -0.812. The molecule has 0 unspecified atom stereocenters. The van der Waals surface area contributed by atoms with Crippen molar-refractivity contribution in [2.24, 2.45) is 5.10 Å². The van der Waals surface area contributed by atoms with Gasteiger partial charge in [0.2, 0.25) is 0 Å². The van der Waals surface area contributed by atoms with Crippen LogP contribution in [0.5, 0.6) is 0 Å². The molecule has 4 rings (SSSR count). The van der Waals surface area contributed by atoms with E-state index in [4.69, 9.17) is 0 Å². The number of aromatic nitrogens is 1. The predicted molar refractivity (Wildman–Crippen MR) is 123 cm³/mol. The minimum absolute atomic E-state index is 0.00101. The van der Waals surface area contributed by atoms with Crippen LogP contribution in [0.2, 0.25) is 0 Å². The molecule has 0 atom stereocenters. The fourth-order valence-electron chi connectivity index (χ4n) is 3.75. The van der Waals surface area contributed by atoms with Crippen molar-refractivity contribution in [1.29, 1.82) is 0 Å². The molecule has 164 valence electrons. The number of amides is 1. The lowest BCUT2D eigenvalue weighted by atomic mass is 9.95. The molecule has 0 radical (unpaired) electrons. The molecule has 2 heterocycles. The van der Waals surface area contributed by atoms with Gasteiger partial charge in [-0.15, -0.1) is 5.92 Å². The number of hydrogen-bond acceptors (Lipinski definition) is 3. The van der Waals surface area contributed by atoms with Crippen LogP contribution in [0.4, 0.5) is 20.2 Å². The number of nitrogens with zero attached hydrogens (tertiary/aromatic N) is 1. The Morgan fingerprint density at radius 1 is 1.28 bits per heavy atom.